The largest absolute Gasteiger partial charge is 0.478 e. The second kappa shape index (κ2) is 11.0. The van der Waals surface area contributed by atoms with Crippen LogP contribution in [0.1, 0.15) is 42.1 Å². The van der Waals surface area contributed by atoms with Crippen molar-refractivity contribution >= 4 is 40.1 Å². The van der Waals surface area contributed by atoms with Crippen LogP contribution in [-0.2, 0) is 11.0 Å². The van der Waals surface area contributed by atoms with E-state index in [2.05, 4.69) is 30.0 Å². The molecule has 1 aliphatic heterocycles. The van der Waals surface area contributed by atoms with Gasteiger partial charge >= 0.3 is 5.97 Å². The van der Waals surface area contributed by atoms with Crippen molar-refractivity contribution in [2.45, 2.75) is 48.9 Å². The number of hydrogen-bond donors (Lipinski definition) is 1. The summed E-state index contributed by atoms with van der Waals surface area (Å²) in [5.41, 5.74) is 4.79. The predicted octanol–water partition coefficient (Wildman–Crippen LogP) is 6.75. The van der Waals surface area contributed by atoms with E-state index in [-0.39, 0.29) is 11.6 Å². The molecule has 1 aliphatic rings. The molecule has 4 rings (SSSR count). The second-order valence-corrected chi connectivity index (χ2v) is 11.2. The summed E-state index contributed by atoms with van der Waals surface area (Å²) >= 11 is 1.62. The summed E-state index contributed by atoms with van der Waals surface area (Å²) in [5, 5.41) is 9.66. The number of thioether (sulfide) groups is 1. The van der Waals surface area contributed by atoms with Crippen LogP contribution in [0.4, 0.5) is 11.4 Å². The number of aromatic carboxylic acids is 1. The van der Waals surface area contributed by atoms with Gasteiger partial charge < -0.3 is 10.0 Å². The van der Waals surface area contributed by atoms with Gasteiger partial charge in [-0.3, -0.25) is 0 Å². The molecule has 1 N–H and O–H groups in total. The molecule has 0 amide bonds. The van der Waals surface area contributed by atoms with Crippen molar-refractivity contribution in [1.82, 2.24) is 4.31 Å². The lowest BCUT2D eigenvalue weighted by molar-refractivity contribution is 0.0696. The third-order valence-corrected chi connectivity index (χ3v) is 9.04. The molecule has 184 valence electrons. The maximum absolute atomic E-state index is 13.9. The number of fused-ring (bicyclic) bond motifs is 1. The topological polar surface area (TPSA) is 60.9 Å². The van der Waals surface area contributed by atoms with Gasteiger partial charge in [-0.15, -0.1) is 11.8 Å². The molecule has 0 bridgehead atoms. The Morgan fingerprint density at radius 1 is 1.11 bits per heavy atom. The highest BCUT2D eigenvalue weighted by Gasteiger charge is 2.32. The van der Waals surface area contributed by atoms with Crippen molar-refractivity contribution in [3.8, 4) is 11.1 Å². The van der Waals surface area contributed by atoms with Crippen molar-refractivity contribution in [1.29, 1.82) is 0 Å². The number of carboxylic acid groups (broad SMARTS) is 1. The Hall–Kier alpha value is -2.61. The minimum absolute atomic E-state index is 0.140. The van der Waals surface area contributed by atoms with Crippen LogP contribution < -0.4 is 4.90 Å². The molecule has 7 heteroatoms. The number of likely N-dealkylation sites (N-methyl/N-ethyl adjacent to an activating group) is 1. The van der Waals surface area contributed by atoms with E-state index in [1.165, 1.54) is 0 Å². The van der Waals surface area contributed by atoms with Crippen molar-refractivity contribution in [3.05, 3.63) is 71.8 Å². The molecule has 0 radical (unpaired) electrons. The van der Waals surface area contributed by atoms with Crippen molar-refractivity contribution in [2.75, 3.05) is 24.7 Å². The normalized spacial score (nSPS) is 18.2. The van der Waals surface area contributed by atoms with E-state index < -0.39 is 17.0 Å². The van der Waals surface area contributed by atoms with Crippen LogP contribution in [0.15, 0.2) is 70.5 Å². The third-order valence-electron chi connectivity index (χ3n) is 6.74. The number of rotatable bonds is 7. The number of nitrogens with zero attached hydrogens (tertiary/aromatic N) is 2. The van der Waals surface area contributed by atoms with Gasteiger partial charge in [0.15, 0.2) is 0 Å². The average Bonchev–Trinajstić information content (AvgIpc) is 2.97. The number of carboxylic acids is 1. The van der Waals surface area contributed by atoms with Crippen LogP contribution in [0.5, 0.6) is 0 Å². The molecule has 35 heavy (non-hydrogen) atoms. The number of benzene rings is 3. The zero-order valence-corrected chi connectivity index (χ0v) is 22.3. The molecule has 0 saturated heterocycles. The van der Waals surface area contributed by atoms with E-state index in [9.17, 15) is 14.1 Å². The van der Waals surface area contributed by atoms with Crippen LogP contribution in [0.3, 0.4) is 0 Å². The predicted molar refractivity (Wildman–Crippen MR) is 146 cm³/mol. The van der Waals surface area contributed by atoms with Gasteiger partial charge in [-0.1, -0.05) is 50.1 Å². The summed E-state index contributed by atoms with van der Waals surface area (Å²) in [6, 6.07) is 19.9. The molecule has 5 nitrogen and oxygen atoms in total. The Balaban J connectivity index is 1.94. The summed E-state index contributed by atoms with van der Waals surface area (Å²) < 4.78 is 15.9. The number of hydrogen-bond acceptors (Lipinski definition) is 4. The molecular weight excluding hydrogens is 476 g/mol. The standard InChI is InChI=1S/C28H32N2O3S2/c1-5-6-11-21-18-30(20-12-8-7-9-13-20)25-17-26(34-4)24(16-27(25)35(33)29(21)3)22-14-10-15-23(19(22)2)28(31)32/h7-10,12-17,21H,5-6,11,18H2,1-4H3,(H,31,32). The van der Waals surface area contributed by atoms with E-state index in [1.807, 2.05) is 54.9 Å². The van der Waals surface area contributed by atoms with Crippen LogP contribution in [0.2, 0.25) is 0 Å². The highest BCUT2D eigenvalue weighted by molar-refractivity contribution is 7.98. The van der Waals surface area contributed by atoms with Crippen LogP contribution in [0, 0.1) is 6.92 Å². The molecule has 0 aliphatic carbocycles. The fourth-order valence-electron chi connectivity index (χ4n) is 4.72. The zero-order valence-electron chi connectivity index (χ0n) is 20.7. The summed E-state index contributed by atoms with van der Waals surface area (Å²) in [5.74, 6) is -0.942. The number of unbranched alkanes of at least 4 members (excludes halogenated alkanes) is 1. The molecule has 2 atom stereocenters. The molecule has 1 heterocycles. The quantitative estimate of drug-likeness (QED) is 0.358. The summed E-state index contributed by atoms with van der Waals surface area (Å²) in [6.45, 7) is 4.77. The Kier molecular flexibility index (Phi) is 7.99. The lowest BCUT2D eigenvalue weighted by atomic mass is 9.96. The van der Waals surface area contributed by atoms with Gasteiger partial charge in [-0.2, -0.15) is 0 Å². The Labute approximate surface area is 214 Å². The maximum Gasteiger partial charge on any atom is 0.335 e. The minimum Gasteiger partial charge on any atom is -0.478 e. The van der Waals surface area contributed by atoms with Crippen LogP contribution >= 0.6 is 11.8 Å². The Bertz CT molecular complexity index is 1250. The van der Waals surface area contributed by atoms with Crippen LogP contribution in [0.25, 0.3) is 11.1 Å². The third kappa shape index (κ3) is 5.03. The molecule has 0 spiro atoms. The SMILES string of the molecule is CCCCC1CN(c2ccccc2)c2cc(SC)c(-c3cccc(C(=O)O)c3C)cc2S(=O)N1C. The molecule has 3 aromatic carbocycles. The van der Waals surface area contributed by atoms with E-state index in [1.54, 1.807) is 23.9 Å². The molecule has 0 aromatic heterocycles. The minimum atomic E-state index is -1.35. The van der Waals surface area contributed by atoms with Gasteiger partial charge in [0.1, 0.15) is 11.0 Å². The first-order valence-corrected chi connectivity index (χ1v) is 14.2. The van der Waals surface area contributed by atoms with Gasteiger partial charge in [0.25, 0.3) is 0 Å². The summed E-state index contributed by atoms with van der Waals surface area (Å²) in [6.07, 6.45) is 5.17. The molecule has 0 fully saturated rings. The number of para-hydroxylation sites is 1. The first-order valence-electron chi connectivity index (χ1n) is 11.9. The van der Waals surface area contributed by atoms with Gasteiger partial charge in [-0.05, 0) is 66.6 Å². The smallest absolute Gasteiger partial charge is 0.335 e. The molecule has 3 aromatic rings. The molecule has 2 unspecified atom stereocenters. The number of anilines is 2. The number of carbonyl (C=O) groups is 1. The van der Waals surface area contributed by atoms with Crippen molar-refractivity contribution in [2.24, 2.45) is 0 Å². The van der Waals surface area contributed by atoms with Gasteiger partial charge in [0.2, 0.25) is 0 Å². The Morgan fingerprint density at radius 3 is 2.51 bits per heavy atom. The Morgan fingerprint density at radius 2 is 1.86 bits per heavy atom. The highest BCUT2D eigenvalue weighted by atomic mass is 32.2. The van der Waals surface area contributed by atoms with Crippen molar-refractivity contribution in [3.63, 3.8) is 0 Å². The fraction of sp³-hybridized carbons (Fsp3) is 0.321. The zero-order chi connectivity index (χ0) is 25.1. The van der Waals surface area contributed by atoms with E-state index in [0.29, 0.717) is 5.56 Å². The highest BCUT2D eigenvalue weighted by Crippen LogP contribution is 2.43. The first kappa shape index (κ1) is 25.5. The summed E-state index contributed by atoms with van der Waals surface area (Å²) in [7, 11) is 0.597. The van der Waals surface area contributed by atoms with Gasteiger partial charge in [0, 0.05) is 30.2 Å². The van der Waals surface area contributed by atoms with E-state index in [0.717, 1.165) is 58.1 Å². The first-order chi connectivity index (χ1) is 16.9. The lowest BCUT2D eigenvalue weighted by Gasteiger charge is -2.30. The molecular formula is C28H32N2O3S2. The van der Waals surface area contributed by atoms with Crippen LogP contribution in [-0.4, -0.2) is 45.5 Å². The van der Waals surface area contributed by atoms with Gasteiger partial charge in [0.05, 0.1) is 16.1 Å². The summed E-state index contributed by atoms with van der Waals surface area (Å²) in [4.78, 5) is 15.9. The lowest BCUT2D eigenvalue weighted by Crippen LogP contribution is -2.38. The molecule has 0 saturated carbocycles. The van der Waals surface area contributed by atoms with E-state index >= 15 is 0 Å². The maximum atomic E-state index is 13.9. The van der Waals surface area contributed by atoms with Crippen molar-refractivity contribution < 1.29 is 14.1 Å². The van der Waals surface area contributed by atoms with E-state index in [4.69, 9.17) is 0 Å². The van der Waals surface area contributed by atoms with Gasteiger partial charge in [-0.25, -0.2) is 13.3 Å². The monoisotopic (exact) mass is 508 g/mol. The fourth-order valence-corrected chi connectivity index (χ4v) is 6.66. The average molecular weight is 509 g/mol. The second-order valence-electron chi connectivity index (χ2n) is 8.84.